The van der Waals surface area contributed by atoms with Gasteiger partial charge < -0.3 is 9.47 Å². The van der Waals surface area contributed by atoms with Gasteiger partial charge in [-0.05, 0) is 97.1 Å². The molecule has 0 N–H and O–H groups in total. The number of thioether (sulfide) groups is 4. The molecule has 0 unspecified atom stereocenters. The average Bonchev–Trinajstić information content (AvgIpc) is 3.09. The van der Waals surface area contributed by atoms with Crippen molar-refractivity contribution < 1.29 is 9.47 Å². The molecule has 0 amide bonds. The topological polar surface area (TPSA) is 18.5 Å². The van der Waals surface area contributed by atoms with Gasteiger partial charge in [0.1, 0.15) is 11.5 Å². The zero-order valence-electron chi connectivity index (χ0n) is 26.5. The Morgan fingerprint density at radius 2 is 0.745 bits per heavy atom. The molecule has 0 saturated carbocycles. The second-order valence-electron chi connectivity index (χ2n) is 12.4. The van der Waals surface area contributed by atoms with Crippen LogP contribution in [0.2, 0.25) is 0 Å². The molecule has 11 rings (SSSR count). The van der Waals surface area contributed by atoms with E-state index in [-0.39, 0.29) is 0 Å². The lowest BCUT2D eigenvalue weighted by Gasteiger charge is -2.18. The maximum Gasteiger partial charge on any atom is 0.119 e. The number of ether oxygens (including phenoxy) is 2. The Kier molecular flexibility index (Phi) is 9.81. The molecule has 0 saturated heterocycles. The van der Waals surface area contributed by atoms with Gasteiger partial charge in [-0.25, -0.2) is 0 Å². The lowest BCUT2D eigenvalue weighted by molar-refractivity contribution is 0.247. The second-order valence-corrected chi connectivity index (χ2v) is 16.3. The van der Waals surface area contributed by atoms with Gasteiger partial charge in [-0.2, -0.15) is 47.0 Å². The molecule has 14 bridgehead atoms. The minimum Gasteiger partial charge on any atom is -0.493 e. The predicted octanol–water partition coefficient (Wildman–Crippen LogP) is 11.5. The van der Waals surface area contributed by atoms with E-state index in [9.17, 15) is 0 Å². The Morgan fingerprint density at radius 3 is 1.19 bits per heavy atom. The summed E-state index contributed by atoms with van der Waals surface area (Å²) < 4.78 is 12.6. The third kappa shape index (κ3) is 7.12. The lowest BCUT2D eigenvalue weighted by Crippen LogP contribution is -2.06. The number of rotatable bonds is 0. The summed E-state index contributed by atoms with van der Waals surface area (Å²) in [6.07, 6.45) is 0.847. The van der Waals surface area contributed by atoms with Crippen molar-refractivity contribution in [2.75, 3.05) is 13.2 Å². The van der Waals surface area contributed by atoms with E-state index in [0.29, 0.717) is 13.2 Å². The molecule has 0 aromatic heterocycles. The van der Waals surface area contributed by atoms with E-state index in [1.165, 1.54) is 66.8 Å². The van der Waals surface area contributed by atoms with Crippen molar-refractivity contribution in [3.8, 4) is 33.8 Å². The van der Waals surface area contributed by atoms with Gasteiger partial charge in [-0.15, -0.1) is 0 Å². The highest BCUT2D eigenvalue weighted by Crippen LogP contribution is 2.41. The molecular formula is C41H38O2S4. The number of benzene rings is 5. The van der Waals surface area contributed by atoms with Gasteiger partial charge in [-0.1, -0.05) is 66.7 Å². The molecule has 2 nitrogen and oxygen atoms in total. The fourth-order valence-corrected chi connectivity index (χ4v) is 11.0. The number of fused-ring (bicyclic) bond motifs is 2. The van der Waals surface area contributed by atoms with Crippen molar-refractivity contribution in [2.45, 2.75) is 52.4 Å². The maximum atomic E-state index is 6.29. The third-order valence-corrected chi connectivity index (χ3v) is 13.3. The smallest absolute Gasteiger partial charge is 0.119 e. The summed E-state index contributed by atoms with van der Waals surface area (Å²) >= 11 is 8.09. The standard InChI is InChI=1S/C41H38O2S4/c1-5-28-17-29(6-1)41-33-8-3-10-35(41)25-47-27-37-19-39-13-11-30(37)20-44-22-32-7-2-9-34(40(28)32)24-46-26-36-18-38(42-15-4-16-43-39)14-12-31(36)21-45-23-33/h1-3,5-14,17-19H,4,15-16,20-27H2. The van der Waals surface area contributed by atoms with Crippen LogP contribution in [0.4, 0.5) is 0 Å². The summed E-state index contributed by atoms with van der Waals surface area (Å²) in [5, 5.41) is 0. The average molecular weight is 691 g/mol. The summed E-state index contributed by atoms with van der Waals surface area (Å²) in [7, 11) is 0. The van der Waals surface area contributed by atoms with Gasteiger partial charge in [0.15, 0.2) is 0 Å². The van der Waals surface area contributed by atoms with Crippen molar-refractivity contribution in [3.05, 3.63) is 142 Å². The van der Waals surface area contributed by atoms with E-state index >= 15 is 0 Å². The minimum absolute atomic E-state index is 0.644. The van der Waals surface area contributed by atoms with Crippen LogP contribution in [0.1, 0.15) is 50.9 Å². The summed E-state index contributed by atoms with van der Waals surface area (Å²) in [4.78, 5) is 0. The van der Waals surface area contributed by atoms with Crippen molar-refractivity contribution in [2.24, 2.45) is 0 Å². The van der Waals surface area contributed by atoms with Crippen LogP contribution in [0.25, 0.3) is 22.3 Å². The third-order valence-electron chi connectivity index (χ3n) is 9.16. The molecule has 5 aromatic rings. The quantitative estimate of drug-likeness (QED) is 0.160. The van der Waals surface area contributed by atoms with Crippen LogP contribution < -0.4 is 9.47 Å². The molecule has 6 aliphatic rings. The first-order valence-electron chi connectivity index (χ1n) is 16.4. The van der Waals surface area contributed by atoms with Crippen LogP contribution in [-0.2, 0) is 46.0 Å². The van der Waals surface area contributed by atoms with Gasteiger partial charge in [0.25, 0.3) is 0 Å². The van der Waals surface area contributed by atoms with Gasteiger partial charge in [0.2, 0.25) is 0 Å². The van der Waals surface area contributed by atoms with E-state index in [4.69, 9.17) is 9.47 Å². The highest BCUT2D eigenvalue weighted by atomic mass is 32.2. The number of hydrogen-bond donors (Lipinski definition) is 0. The van der Waals surface area contributed by atoms with Crippen LogP contribution in [0.3, 0.4) is 0 Å². The van der Waals surface area contributed by atoms with E-state index in [0.717, 1.165) is 63.9 Å². The van der Waals surface area contributed by atoms with Crippen LogP contribution in [0.5, 0.6) is 11.5 Å². The largest absolute Gasteiger partial charge is 0.493 e. The molecule has 0 spiro atoms. The Labute approximate surface area is 295 Å². The Morgan fingerprint density at radius 1 is 0.362 bits per heavy atom. The first-order valence-corrected chi connectivity index (χ1v) is 21.0. The van der Waals surface area contributed by atoms with Crippen molar-refractivity contribution >= 4 is 47.0 Å². The van der Waals surface area contributed by atoms with Crippen molar-refractivity contribution in [1.82, 2.24) is 0 Å². The van der Waals surface area contributed by atoms with E-state index in [1.807, 2.05) is 47.0 Å². The highest BCUT2D eigenvalue weighted by molar-refractivity contribution is 7.98. The molecule has 6 heterocycles. The first kappa shape index (κ1) is 31.4. The SMILES string of the molecule is c1cc2cc(c1)-c1c3cccc1CSCc1cc4ccc1CSCc1cccc(c1-2)CSCc1cc(ccc1CSC3)OCCCO4. The Hall–Kier alpha value is -2.90. The van der Waals surface area contributed by atoms with E-state index < -0.39 is 0 Å². The monoisotopic (exact) mass is 690 g/mol. The minimum atomic E-state index is 0.644. The van der Waals surface area contributed by atoms with Crippen molar-refractivity contribution in [3.63, 3.8) is 0 Å². The first-order chi connectivity index (χ1) is 23.3. The summed E-state index contributed by atoms with van der Waals surface area (Å²) in [5.74, 6) is 9.70. The molecule has 0 fully saturated rings. The van der Waals surface area contributed by atoms with Gasteiger partial charge in [0.05, 0.1) is 13.2 Å². The van der Waals surface area contributed by atoms with E-state index in [1.54, 1.807) is 0 Å². The highest BCUT2D eigenvalue weighted by Gasteiger charge is 2.18. The fraction of sp³-hybridized carbons (Fsp3) is 0.268. The summed E-state index contributed by atoms with van der Waals surface area (Å²) in [6.45, 7) is 1.29. The fourth-order valence-electron chi connectivity index (χ4n) is 6.82. The normalized spacial score (nSPS) is 16.4. The van der Waals surface area contributed by atoms with Crippen LogP contribution in [-0.4, -0.2) is 13.2 Å². The van der Waals surface area contributed by atoms with Gasteiger partial charge in [0, 0.05) is 52.4 Å². The molecule has 0 radical (unpaired) electrons. The van der Waals surface area contributed by atoms with E-state index in [2.05, 4.69) is 97.1 Å². The molecule has 0 aliphatic carbocycles. The Bertz CT molecular complexity index is 1770. The molecule has 0 atom stereocenters. The molecule has 47 heavy (non-hydrogen) atoms. The molecule has 238 valence electrons. The lowest BCUT2D eigenvalue weighted by atomic mass is 9.90. The van der Waals surface area contributed by atoms with Crippen LogP contribution >= 0.6 is 47.0 Å². The molecule has 6 aliphatic heterocycles. The summed E-state index contributed by atoms with van der Waals surface area (Å²) in [5.41, 5.74) is 16.8. The maximum absolute atomic E-state index is 6.29. The molecule has 6 heteroatoms. The summed E-state index contributed by atoms with van der Waals surface area (Å²) in [6, 6.07) is 36.9. The zero-order valence-corrected chi connectivity index (χ0v) is 29.7. The van der Waals surface area contributed by atoms with Gasteiger partial charge in [-0.3, -0.25) is 0 Å². The van der Waals surface area contributed by atoms with Crippen LogP contribution in [0.15, 0.2) is 97.1 Å². The molecular weight excluding hydrogens is 653 g/mol. The number of hydrogen-bond acceptors (Lipinski definition) is 6. The predicted molar refractivity (Wildman–Crippen MR) is 206 cm³/mol. The molecule has 5 aromatic carbocycles. The van der Waals surface area contributed by atoms with Gasteiger partial charge >= 0.3 is 0 Å². The van der Waals surface area contributed by atoms with Crippen molar-refractivity contribution in [1.29, 1.82) is 0 Å². The second kappa shape index (κ2) is 14.7. The van der Waals surface area contributed by atoms with Crippen LogP contribution in [0, 0.1) is 0 Å². The zero-order chi connectivity index (χ0) is 31.4. The Balaban J connectivity index is 1.34.